The van der Waals surface area contributed by atoms with Crippen LogP contribution in [0.3, 0.4) is 0 Å². The van der Waals surface area contributed by atoms with Crippen LogP contribution in [0.1, 0.15) is 43.9 Å². The second kappa shape index (κ2) is 8.16. The normalized spacial score (nSPS) is 17.8. The number of carbonyl (C=O) groups excluding carboxylic acids is 3. The average molecular weight is 410 g/mol. The molecule has 1 saturated heterocycles. The number of imide groups is 1. The molecule has 8 nitrogen and oxygen atoms in total. The molecule has 0 spiro atoms. The van der Waals surface area contributed by atoms with Crippen LogP contribution in [0, 0.1) is 0 Å². The van der Waals surface area contributed by atoms with Crippen molar-refractivity contribution in [2.75, 3.05) is 32.7 Å². The first-order valence-electron chi connectivity index (χ1n) is 9.67. The summed E-state index contributed by atoms with van der Waals surface area (Å²) in [4.78, 5) is 39.2. The van der Waals surface area contributed by atoms with Gasteiger partial charge in [0.25, 0.3) is 17.7 Å². The fourth-order valence-electron chi connectivity index (χ4n) is 3.71. The molecule has 156 valence electrons. The van der Waals surface area contributed by atoms with Gasteiger partial charge in [0.2, 0.25) is 0 Å². The highest BCUT2D eigenvalue weighted by atomic mass is 16.5. The van der Waals surface area contributed by atoms with E-state index < -0.39 is 0 Å². The monoisotopic (exact) mass is 410 g/mol. The maximum atomic E-state index is 12.8. The van der Waals surface area contributed by atoms with Gasteiger partial charge < -0.3 is 19.5 Å². The van der Waals surface area contributed by atoms with Crippen LogP contribution in [0.4, 0.5) is 5.69 Å². The van der Waals surface area contributed by atoms with Gasteiger partial charge in [-0.25, -0.2) is 0 Å². The van der Waals surface area contributed by atoms with Crippen LogP contribution in [0.25, 0.3) is 0 Å². The number of rotatable bonds is 6. The summed E-state index contributed by atoms with van der Waals surface area (Å²) in [6, 6.07) is 9.53. The smallest absolute Gasteiger partial charge is 0.261 e. The minimum atomic E-state index is -0.371. The van der Waals surface area contributed by atoms with Gasteiger partial charge in [-0.3, -0.25) is 19.3 Å². The molecule has 0 aliphatic carbocycles. The van der Waals surface area contributed by atoms with Crippen LogP contribution in [0.2, 0.25) is 0 Å². The summed E-state index contributed by atoms with van der Waals surface area (Å²) in [5.74, 6) is -0.119. The molecule has 1 unspecified atom stereocenters. The van der Waals surface area contributed by atoms with Crippen molar-refractivity contribution in [1.29, 1.82) is 0 Å². The third kappa shape index (κ3) is 3.61. The van der Waals surface area contributed by atoms with Gasteiger partial charge >= 0.3 is 0 Å². The fraction of sp³-hybridized carbons (Fsp3) is 0.318. The maximum Gasteiger partial charge on any atom is 0.261 e. The Balaban J connectivity index is 1.51. The molecule has 4 rings (SSSR count). The highest BCUT2D eigenvalue weighted by Crippen LogP contribution is 2.29. The second-order valence-electron chi connectivity index (χ2n) is 7.14. The zero-order valence-electron chi connectivity index (χ0n) is 16.8. The first-order chi connectivity index (χ1) is 14.5. The van der Waals surface area contributed by atoms with Crippen LogP contribution in [-0.4, -0.2) is 56.1 Å². The van der Waals surface area contributed by atoms with E-state index in [4.69, 9.17) is 14.2 Å². The van der Waals surface area contributed by atoms with E-state index in [2.05, 4.69) is 5.32 Å². The lowest BCUT2D eigenvalue weighted by molar-refractivity contribution is 0.0475. The first kappa shape index (κ1) is 19.9. The highest BCUT2D eigenvalue weighted by molar-refractivity contribution is 6.22. The number of hydrogen-bond acceptors (Lipinski definition) is 6. The molecule has 2 aromatic rings. The maximum absolute atomic E-state index is 12.8. The van der Waals surface area contributed by atoms with Gasteiger partial charge in [-0.05, 0) is 49.2 Å². The van der Waals surface area contributed by atoms with E-state index in [0.29, 0.717) is 34.9 Å². The molecule has 2 aliphatic heterocycles. The number of methoxy groups -OCH3 is 2. The molecule has 2 aromatic carbocycles. The molecular formula is C22H22N2O6. The fourth-order valence-corrected chi connectivity index (χ4v) is 3.71. The topological polar surface area (TPSA) is 94.2 Å². The van der Waals surface area contributed by atoms with Crippen molar-refractivity contribution in [3.8, 4) is 11.5 Å². The predicted octanol–water partition coefficient (Wildman–Crippen LogP) is 2.73. The lowest BCUT2D eigenvalue weighted by Crippen LogP contribution is -2.36. The minimum absolute atomic E-state index is 0.114. The van der Waals surface area contributed by atoms with Crippen LogP contribution >= 0.6 is 0 Å². The molecule has 30 heavy (non-hydrogen) atoms. The lowest BCUT2D eigenvalue weighted by atomic mass is 10.1. The molecule has 0 aromatic heterocycles. The van der Waals surface area contributed by atoms with Crippen molar-refractivity contribution < 1.29 is 28.6 Å². The Morgan fingerprint density at radius 2 is 1.83 bits per heavy atom. The van der Waals surface area contributed by atoms with Gasteiger partial charge in [0.05, 0.1) is 38.0 Å². The molecule has 0 radical (unpaired) electrons. The Morgan fingerprint density at radius 3 is 2.53 bits per heavy atom. The summed E-state index contributed by atoms with van der Waals surface area (Å²) >= 11 is 0. The molecule has 2 heterocycles. The molecule has 1 N–H and O–H groups in total. The van der Waals surface area contributed by atoms with Crippen LogP contribution in [0.15, 0.2) is 36.4 Å². The number of hydrogen-bond donors (Lipinski definition) is 1. The summed E-state index contributed by atoms with van der Waals surface area (Å²) in [5, 5.41) is 2.76. The highest BCUT2D eigenvalue weighted by Gasteiger charge is 2.37. The van der Waals surface area contributed by atoms with Crippen molar-refractivity contribution in [2.45, 2.75) is 18.9 Å². The van der Waals surface area contributed by atoms with Crippen molar-refractivity contribution in [2.24, 2.45) is 0 Å². The first-order valence-corrected chi connectivity index (χ1v) is 9.67. The third-order valence-electron chi connectivity index (χ3n) is 5.28. The number of amides is 3. The van der Waals surface area contributed by atoms with Gasteiger partial charge in [0.15, 0.2) is 11.5 Å². The van der Waals surface area contributed by atoms with Crippen molar-refractivity contribution in [1.82, 2.24) is 4.90 Å². The summed E-state index contributed by atoms with van der Waals surface area (Å²) in [6.45, 7) is 0.903. The van der Waals surface area contributed by atoms with Crippen LogP contribution in [0.5, 0.6) is 11.5 Å². The lowest BCUT2D eigenvalue weighted by Gasteiger charge is -2.17. The second-order valence-corrected chi connectivity index (χ2v) is 7.14. The van der Waals surface area contributed by atoms with E-state index in [1.165, 1.54) is 25.2 Å². The summed E-state index contributed by atoms with van der Waals surface area (Å²) in [5.41, 5.74) is 1.41. The van der Waals surface area contributed by atoms with Gasteiger partial charge in [0.1, 0.15) is 0 Å². The standard InChI is InChI=1S/C22H22N2O6/c1-28-18-8-5-13(10-19(18)29-2)20(25)23-14-6-7-16-17(11-14)22(27)24(21(16)26)12-15-4-3-9-30-15/h5-8,10-11,15H,3-4,9,12H2,1-2H3,(H,23,25). The molecule has 1 fully saturated rings. The molecule has 0 bridgehead atoms. The van der Waals surface area contributed by atoms with Gasteiger partial charge in [0, 0.05) is 17.9 Å². The van der Waals surface area contributed by atoms with E-state index in [9.17, 15) is 14.4 Å². The number of nitrogens with zero attached hydrogens (tertiary/aromatic N) is 1. The quantitative estimate of drug-likeness (QED) is 0.736. The number of carbonyl (C=O) groups is 3. The number of benzene rings is 2. The minimum Gasteiger partial charge on any atom is -0.493 e. The van der Waals surface area contributed by atoms with Gasteiger partial charge in [-0.1, -0.05) is 0 Å². The van der Waals surface area contributed by atoms with E-state index in [1.807, 2.05) is 0 Å². The van der Waals surface area contributed by atoms with Crippen LogP contribution in [-0.2, 0) is 4.74 Å². The average Bonchev–Trinajstić information content (AvgIpc) is 3.36. The molecule has 1 atom stereocenters. The summed E-state index contributed by atoms with van der Waals surface area (Å²) in [6.07, 6.45) is 1.65. The number of anilines is 1. The van der Waals surface area contributed by atoms with Gasteiger partial charge in [-0.2, -0.15) is 0 Å². The zero-order chi connectivity index (χ0) is 21.3. The SMILES string of the molecule is COc1ccc(C(=O)Nc2ccc3c(c2)C(=O)N(CC2CCCO2)C3=O)cc1OC. The van der Waals surface area contributed by atoms with Crippen molar-refractivity contribution in [3.63, 3.8) is 0 Å². The molecule has 3 amide bonds. The summed E-state index contributed by atoms with van der Waals surface area (Å²) in [7, 11) is 3.01. The van der Waals surface area contributed by atoms with E-state index in [-0.39, 0.29) is 35.9 Å². The Bertz CT molecular complexity index is 1010. The number of ether oxygens (including phenoxy) is 3. The molecule has 8 heteroatoms. The van der Waals surface area contributed by atoms with Crippen molar-refractivity contribution in [3.05, 3.63) is 53.1 Å². The molecular weight excluding hydrogens is 388 g/mol. The summed E-state index contributed by atoms with van der Waals surface area (Å²) < 4.78 is 16.0. The third-order valence-corrected chi connectivity index (χ3v) is 5.28. The Kier molecular flexibility index (Phi) is 5.41. The molecule has 0 saturated carbocycles. The largest absolute Gasteiger partial charge is 0.493 e. The predicted molar refractivity (Wildman–Crippen MR) is 108 cm³/mol. The number of nitrogens with one attached hydrogen (secondary N) is 1. The van der Waals surface area contributed by atoms with Gasteiger partial charge in [-0.15, -0.1) is 0 Å². The Labute approximate surface area is 173 Å². The van der Waals surface area contributed by atoms with Crippen LogP contribution < -0.4 is 14.8 Å². The van der Waals surface area contributed by atoms with Crippen molar-refractivity contribution >= 4 is 23.4 Å². The Hall–Kier alpha value is -3.39. The zero-order valence-corrected chi connectivity index (χ0v) is 16.8. The van der Waals surface area contributed by atoms with E-state index in [1.54, 1.807) is 30.3 Å². The van der Waals surface area contributed by atoms with E-state index >= 15 is 0 Å². The number of fused-ring (bicyclic) bond motifs is 1. The Morgan fingerprint density at radius 1 is 1.07 bits per heavy atom. The molecule has 2 aliphatic rings. The van der Waals surface area contributed by atoms with E-state index in [0.717, 1.165) is 12.8 Å².